The fraction of sp³-hybridized carbons (Fsp3) is 0.333. The predicted molar refractivity (Wildman–Crippen MR) is 90.6 cm³/mol. The van der Waals surface area contributed by atoms with E-state index in [1.165, 1.54) is 0 Å². The van der Waals surface area contributed by atoms with Crippen molar-refractivity contribution in [1.82, 2.24) is 10.3 Å². The first-order valence-corrected chi connectivity index (χ1v) is 7.75. The Balaban J connectivity index is 2.15. The maximum atomic E-state index is 12.0. The SMILES string of the molecule is CCC(C)NC(=O)c1ccc(N(CC)c2ccccc2)cn1. The molecule has 1 unspecified atom stereocenters. The number of pyridine rings is 1. The standard InChI is InChI=1S/C18H23N3O/c1-4-14(3)20-18(22)17-12-11-16(13-19-17)21(5-2)15-9-7-6-8-10-15/h6-14H,4-5H2,1-3H3,(H,20,22). The van der Waals surface area contributed by atoms with E-state index < -0.39 is 0 Å². The van der Waals surface area contributed by atoms with Gasteiger partial charge in [0.1, 0.15) is 5.69 Å². The van der Waals surface area contributed by atoms with Crippen LogP contribution in [0.4, 0.5) is 11.4 Å². The van der Waals surface area contributed by atoms with Gasteiger partial charge in [-0.2, -0.15) is 0 Å². The molecule has 2 aromatic rings. The Hall–Kier alpha value is -2.36. The van der Waals surface area contributed by atoms with Crippen molar-refractivity contribution in [1.29, 1.82) is 0 Å². The van der Waals surface area contributed by atoms with Gasteiger partial charge < -0.3 is 10.2 Å². The average Bonchev–Trinajstić information content (AvgIpc) is 2.57. The lowest BCUT2D eigenvalue weighted by molar-refractivity contribution is 0.0934. The Kier molecular flexibility index (Phi) is 5.53. The number of rotatable bonds is 6. The van der Waals surface area contributed by atoms with Gasteiger partial charge in [-0.1, -0.05) is 25.1 Å². The van der Waals surface area contributed by atoms with E-state index in [1.807, 2.05) is 38.1 Å². The van der Waals surface area contributed by atoms with Crippen molar-refractivity contribution in [2.24, 2.45) is 0 Å². The summed E-state index contributed by atoms with van der Waals surface area (Å²) in [6.07, 6.45) is 2.66. The molecule has 4 heteroatoms. The Bertz CT molecular complexity index is 595. The number of para-hydroxylation sites is 1. The van der Waals surface area contributed by atoms with Gasteiger partial charge in [0.25, 0.3) is 5.91 Å². The van der Waals surface area contributed by atoms with Gasteiger partial charge in [-0.05, 0) is 44.5 Å². The molecule has 4 nitrogen and oxygen atoms in total. The zero-order chi connectivity index (χ0) is 15.9. The second kappa shape index (κ2) is 7.59. The summed E-state index contributed by atoms with van der Waals surface area (Å²) < 4.78 is 0. The summed E-state index contributed by atoms with van der Waals surface area (Å²) >= 11 is 0. The molecule has 0 saturated heterocycles. The molecule has 116 valence electrons. The number of carbonyl (C=O) groups excluding carboxylic acids is 1. The van der Waals surface area contributed by atoms with E-state index >= 15 is 0 Å². The molecule has 0 spiro atoms. The minimum absolute atomic E-state index is 0.122. The Morgan fingerprint density at radius 3 is 2.41 bits per heavy atom. The highest BCUT2D eigenvalue weighted by molar-refractivity contribution is 5.92. The number of nitrogens with zero attached hydrogens (tertiary/aromatic N) is 2. The maximum absolute atomic E-state index is 12.0. The number of hydrogen-bond acceptors (Lipinski definition) is 3. The molecule has 0 aliphatic carbocycles. The van der Waals surface area contributed by atoms with Crippen LogP contribution in [0.5, 0.6) is 0 Å². The molecule has 0 saturated carbocycles. The summed E-state index contributed by atoms with van der Waals surface area (Å²) in [5.41, 5.74) is 2.55. The zero-order valence-electron chi connectivity index (χ0n) is 13.4. The van der Waals surface area contributed by atoms with Crippen molar-refractivity contribution in [2.45, 2.75) is 33.2 Å². The van der Waals surface area contributed by atoms with Gasteiger partial charge in [0.15, 0.2) is 0 Å². The molecular formula is C18H23N3O. The molecule has 1 atom stereocenters. The normalized spacial score (nSPS) is 11.8. The quantitative estimate of drug-likeness (QED) is 0.883. The van der Waals surface area contributed by atoms with Crippen molar-refractivity contribution in [3.05, 3.63) is 54.4 Å². The van der Waals surface area contributed by atoms with Gasteiger partial charge >= 0.3 is 0 Å². The molecule has 0 fully saturated rings. The fourth-order valence-corrected chi connectivity index (χ4v) is 2.20. The van der Waals surface area contributed by atoms with E-state index in [0.29, 0.717) is 5.69 Å². The van der Waals surface area contributed by atoms with Crippen LogP contribution in [0, 0.1) is 0 Å². The fourth-order valence-electron chi connectivity index (χ4n) is 2.20. The molecule has 1 N–H and O–H groups in total. The third-order valence-electron chi connectivity index (χ3n) is 3.67. The molecular weight excluding hydrogens is 274 g/mol. The average molecular weight is 297 g/mol. The van der Waals surface area contributed by atoms with Crippen molar-refractivity contribution in [3.63, 3.8) is 0 Å². The third kappa shape index (κ3) is 3.85. The highest BCUT2D eigenvalue weighted by Crippen LogP contribution is 2.23. The topological polar surface area (TPSA) is 45.2 Å². The number of aromatic nitrogens is 1. The van der Waals surface area contributed by atoms with Crippen LogP contribution in [0.2, 0.25) is 0 Å². The van der Waals surface area contributed by atoms with Gasteiger partial charge in [0.2, 0.25) is 0 Å². The highest BCUT2D eigenvalue weighted by atomic mass is 16.1. The number of benzene rings is 1. The molecule has 1 heterocycles. The maximum Gasteiger partial charge on any atom is 0.270 e. The molecule has 0 radical (unpaired) electrons. The van der Waals surface area contributed by atoms with Crippen LogP contribution in [0.3, 0.4) is 0 Å². The lowest BCUT2D eigenvalue weighted by Crippen LogP contribution is -2.32. The summed E-state index contributed by atoms with van der Waals surface area (Å²) in [5, 5.41) is 2.93. The molecule has 1 aromatic carbocycles. The molecule has 1 amide bonds. The van der Waals surface area contributed by atoms with E-state index in [2.05, 4.69) is 34.3 Å². The smallest absolute Gasteiger partial charge is 0.270 e. The van der Waals surface area contributed by atoms with Crippen molar-refractivity contribution in [3.8, 4) is 0 Å². The Labute approximate surface area is 132 Å². The number of carbonyl (C=O) groups is 1. The first-order valence-electron chi connectivity index (χ1n) is 7.75. The lowest BCUT2D eigenvalue weighted by atomic mass is 10.2. The molecule has 0 aliphatic rings. The van der Waals surface area contributed by atoms with E-state index in [4.69, 9.17) is 0 Å². The van der Waals surface area contributed by atoms with E-state index in [0.717, 1.165) is 24.3 Å². The Morgan fingerprint density at radius 1 is 1.14 bits per heavy atom. The van der Waals surface area contributed by atoms with Crippen LogP contribution in [0.1, 0.15) is 37.7 Å². The molecule has 0 aliphatic heterocycles. The minimum atomic E-state index is -0.122. The molecule has 22 heavy (non-hydrogen) atoms. The summed E-state index contributed by atoms with van der Waals surface area (Å²) in [5.74, 6) is -0.122. The van der Waals surface area contributed by atoms with Crippen molar-refractivity contribution >= 4 is 17.3 Å². The highest BCUT2D eigenvalue weighted by Gasteiger charge is 2.12. The molecule has 0 bridgehead atoms. The summed E-state index contributed by atoms with van der Waals surface area (Å²) in [4.78, 5) is 18.5. The predicted octanol–water partition coefficient (Wildman–Crippen LogP) is 3.77. The first-order chi connectivity index (χ1) is 10.7. The van der Waals surface area contributed by atoms with Gasteiger partial charge in [-0.15, -0.1) is 0 Å². The van der Waals surface area contributed by atoms with Crippen LogP contribution >= 0.6 is 0 Å². The van der Waals surface area contributed by atoms with E-state index in [1.54, 1.807) is 12.3 Å². The van der Waals surface area contributed by atoms with E-state index in [9.17, 15) is 4.79 Å². The van der Waals surface area contributed by atoms with Crippen LogP contribution in [0.15, 0.2) is 48.7 Å². The largest absolute Gasteiger partial charge is 0.348 e. The number of nitrogens with one attached hydrogen (secondary N) is 1. The number of anilines is 2. The van der Waals surface area contributed by atoms with Crippen LogP contribution < -0.4 is 10.2 Å². The minimum Gasteiger partial charge on any atom is -0.348 e. The second-order valence-electron chi connectivity index (χ2n) is 5.26. The van der Waals surface area contributed by atoms with E-state index in [-0.39, 0.29) is 11.9 Å². The Morgan fingerprint density at radius 2 is 1.86 bits per heavy atom. The second-order valence-corrected chi connectivity index (χ2v) is 5.26. The number of amides is 1. The van der Waals surface area contributed by atoms with Gasteiger partial charge in [0, 0.05) is 18.3 Å². The van der Waals surface area contributed by atoms with Gasteiger partial charge in [0.05, 0.1) is 11.9 Å². The van der Waals surface area contributed by atoms with Gasteiger partial charge in [-0.25, -0.2) is 4.98 Å². The van der Waals surface area contributed by atoms with Crippen molar-refractivity contribution < 1.29 is 4.79 Å². The number of hydrogen-bond donors (Lipinski definition) is 1. The summed E-state index contributed by atoms with van der Waals surface area (Å²) in [6, 6.07) is 14.0. The first kappa shape index (κ1) is 16.0. The van der Waals surface area contributed by atoms with Crippen LogP contribution in [-0.2, 0) is 0 Å². The summed E-state index contributed by atoms with van der Waals surface area (Å²) in [6.45, 7) is 6.96. The van der Waals surface area contributed by atoms with Crippen LogP contribution in [-0.4, -0.2) is 23.5 Å². The van der Waals surface area contributed by atoms with Crippen LogP contribution in [0.25, 0.3) is 0 Å². The third-order valence-corrected chi connectivity index (χ3v) is 3.67. The lowest BCUT2D eigenvalue weighted by Gasteiger charge is -2.23. The summed E-state index contributed by atoms with van der Waals surface area (Å²) in [7, 11) is 0. The monoisotopic (exact) mass is 297 g/mol. The zero-order valence-corrected chi connectivity index (χ0v) is 13.4. The van der Waals surface area contributed by atoms with Gasteiger partial charge in [-0.3, -0.25) is 4.79 Å². The van der Waals surface area contributed by atoms with Crippen molar-refractivity contribution in [2.75, 3.05) is 11.4 Å². The molecule has 1 aromatic heterocycles. The molecule has 2 rings (SSSR count).